The number of hydrogen-bond donors (Lipinski definition) is 1. The molecule has 15 heavy (non-hydrogen) atoms. The lowest BCUT2D eigenvalue weighted by Gasteiger charge is -2.09. The fraction of sp³-hybridized carbons (Fsp3) is 0.0909. The van der Waals surface area contributed by atoms with E-state index in [1.165, 1.54) is 24.7 Å². The molecule has 0 aliphatic carbocycles. The van der Waals surface area contributed by atoms with Crippen LogP contribution in [0, 0.1) is 5.82 Å². The van der Waals surface area contributed by atoms with Gasteiger partial charge in [0.25, 0.3) is 0 Å². The highest BCUT2D eigenvalue weighted by Gasteiger charge is 2.13. The van der Waals surface area contributed by atoms with E-state index in [0.29, 0.717) is 15.6 Å². The van der Waals surface area contributed by atoms with E-state index in [4.69, 9.17) is 4.42 Å². The monoisotopic (exact) mass is 270 g/mol. The van der Waals surface area contributed by atoms with E-state index in [-0.39, 0.29) is 5.82 Å². The number of hydrogen-bond acceptors (Lipinski definition) is 2. The number of halogens is 2. The zero-order chi connectivity index (χ0) is 10.8. The Bertz CT molecular complexity index is 433. The molecule has 0 amide bonds. The molecule has 0 aliphatic heterocycles. The number of benzene rings is 1. The Morgan fingerprint density at radius 3 is 2.67 bits per heavy atom. The normalized spacial score (nSPS) is 12.7. The van der Waals surface area contributed by atoms with Crippen LogP contribution in [0.5, 0.6) is 0 Å². The molecule has 1 aromatic heterocycles. The minimum absolute atomic E-state index is 0.387. The molecule has 0 radical (unpaired) electrons. The minimum Gasteiger partial charge on any atom is -0.472 e. The standard InChI is InChI=1S/C11H8BrFO2/c12-9-3-8(4-10(13)5-9)11(14)7-1-2-15-6-7/h1-6,11,14H. The van der Waals surface area contributed by atoms with E-state index < -0.39 is 6.10 Å². The summed E-state index contributed by atoms with van der Waals surface area (Å²) in [6, 6.07) is 5.94. The van der Waals surface area contributed by atoms with Crippen LogP contribution in [0.1, 0.15) is 17.2 Å². The van der Waals surface area contributed by atoms with Crippen molar-refractivity contribution < 1.29 is 13.9 Å². The Balaban J connectivity index is 2.37. The van der Waals surface area contributed by atoms with Crippen molar-refractivity contribution in [1.82, 2.24) is 0 Å². The third-order valence-corrected chi connectivity index (χ3v) is 2.52. The maximum absolute atomic E-state index is 13.1. The van der Waals surface area contributed by atoms with Crippen LogP contribution in [0.3, 0.4) is 0 Å². The molecule has 2 rings (SSSR count). The third-order valence-electron chi connectivity index (χ3n) is 2.06. The Labute approximate surface area is 94.5 Å². The fourth-order valence-corrected chi connectivity index (χ4v) is 1.84. The van der Waals surface area contributed by atoms with Crippen LogP contribution in [0.4, 0.5) is 4.39 Å². The van der Waals surface area contributed by atoms with Crippen LogP contribution in [0.25, 0.3) is 0 Å². The molecule has 2 nitrogen and oxygen atoms in total. The van der Waals surface area contributed by atoms with E-state index in [1.807, 2.05) is 0 Å². The van der Waals surface area contributed by atoms with E-state index in [9.17, 15) is 9.50 Å². The molecule has 78 valence electrons. The molecule has 0 spiro atoms. The van der Waals surface area contributed by atoms with Crippen LogP contribution in [-0.4, -0.2) is 5.11 Å². The van der Waals surface area contributed by atoms with Gasteiger partial charge in [0.05, 0.1) is 12.5 Å². The molecule has 2 aromatic rings. The molecule has 0 saturated heterocycles. The van der Waals surface area contributed by atoms with Crippen molar-refractivity contribution >= 4 is 15.9 Å². The lowest BCUT2D eigenvalue weighted by molar-refractivity contribution is 0.218. The molecule has 0 aliphatic rings. The molecule has 0 saturated carbocycles. The Hall–Kier alpha value is -1.13. The number of furan rings is 1. The highest BCUT2D eigenvalue weighted by molar-refractivity contribution is 9.10. The first-order valence-electron chi connectivity index (χ1n) is 4.33. The summed E-state index contributed by atoms with van der Waals surface area (Å²) in [6.45, 7) is 0. The lowest BCUT2D eigenvalue weighted by Crippen LogP contribution is -1.98. The summed E-state index contributed by atoms with van der Waals surface area (Å²) >= 11 is 3.17. The summed E-state index contributed by atoms with van der Waals surface area (Å²) < 4.78 is 18.5. The van der Waals surface area contributed by atoms with Gasteiger partial charge in [-0.3, -0.25) is 0 Å². The molecule has 1 atom stereocenters. The van der Waals surface area contributed by atoms with E-state index >= 15 is 0 Å². The van der Waals surface area contributed by atoms with Crippen LogP contribution >= 0.6 is 15.9 Å². The maximum atomic E-state index is 13.1. The topological polar surface area (TPSA) is 33.4 Å². The van der Waals surface area contributed by atoms with Gasteiger partial charge in [0.2, 0.25) is 0 Å². The SMILES string of the molecule is OC(c1ccoc1)c1cc(F)cc(Br)c1. The average molecular weight is 271 g/mol. The van der Waals surface area contributed by atoms with Gasteiger partial charge in [-0.15, -0.1) is 0 Å². The number of aliphatic hydroxyl groups excluding tert-OH is 1. The van der Waals surface area contributed by atoms with Crippen molar-refractivity contribution in [3.8, 4) is 0 Å². The van der Waals surface area contributed by atoms with Gasteiger partial charge >= 0.3 is 0 Å². The summed E-state index contributed by atoms with van der Waals surface area (Å²) in [5, 5.41) is 9.88. The van der Waals surface area contributed by atoms with Gasteiger partial charge < -0.3 is 9.52 Å². The van der Waals surface area contributed by atoms with Crippen molar-refractivity contribution in [2.45, 2.75) is 6.10 Å². The summed E-state index contributed by atoms with van der Waals surface area (Å²) in [6.07, 6.45) is 2.03. The van der Waals surface area contributed by atoms with E-state index in [2.05, 4.69) is 15.9 Å². The summed E-state index contributed by atoms with van der Waals surface area (Å²) in [5.41, 5.74) is 1.09. The molecule has 0 bridgehead atoms. The molecule has 1 unspecified atom stereocenters. The van der Waals surface area contributed by atoms with Crippen molar-refractivity contribution in [3.63, 3.8) is 0 Å². The predicted octanol–water partition coefficient (Wildman–Crippen LogP) is 3.26. The molecule has 1 N–H and O–H groups in total. The van der Waals surface area contributed by atoms with Crippen LogP contribution in [0.15, 0.2) is 45.7 Å². The predicted molar refractivity (Wildman–Crippen MR) is 56.9 cm³/mol. The quantitative estimate of drug-likeness (QED) is 0.909. The fourth-order valence-electron chi connectivity index (χ4n) is 1.36. The van der Waals surface area contributed by atoms with E-state index in [1.54, 1.807) is 12.1 Å². The van der Waals surface area contributed by atoms with Gasteiger partial charge in [0.1, 0.15) is 11.9 Å². The molecular weight excluding hydrogens is 263 g/mol. The second kappa shape index (κ2) is 4.16. The van der Waals surface area contributed by atoms with Gasteiger partial charge in [-0.05, 0) is 29.8 Å². The van der Waals surface area contributed by atoms with Gasteiger partial charge in [0.15, 0.2) is 0 Å². The maximum Gasteiger partial charge on any atom is 0.124 e. The molecule has 1 aromatic carbocycles. The third kappa shape index (κ3) is 2.27. The molecule has 1 heterocycles. The summed E-state index contributed by atoms with van der Waals surface area (Å²) in [4.78, 5) is 0. The average Bonchev–Trinajstić information content (AvgIpc) is 2.67. The highest BCUT2D eigenvalue weighted by Crippen LogP contribution is 2.25. The molecule has 4 heteroatoms. The summed E-state index contributed by atoms with van der Waals surface area (Å²) in [7, 11) is 0. The molecular formula is C11H8BrFO2. The minimum atomic E-state index is -0.865. The number of aliphatic hydroxyl groups is 1. The van der Waals surface area contributed by atoms with Crippen LogP contribution in [-0.2, 0) is 0 Å². The van der Waals surface area contributed by atoms with Crippen molar-refractivity contribution in [1.29, 1.82) is 0 Å². The van der Waals surface area contributed by atoms with Crippen molar-refractivity contribution in [3.05, 3.63) is 58.2 Å². The van der Waals surface area contributed by atoms with Gasteiger partial charge in [-0.2, -0.15) is 0 Å². The Morgan fingerprint density at radius 2 is 2.07 bits per heavy atom. The van der Waals surface area contributed by atoms with Crippen LogP contribution in [0.2, 0.25) is 0 Å². The summed E-state index contributed by atoms with van der Waals surface area (Å²) in [5.74, 6) is -0.387. The van der Waals surface area contributed by atoms with Crippen LogP contribution < -0.4 is 0 Å². The van der Waals surface area contributed by atoms with Gasteiger partial charge in [-0.25, -0.2) is 4.39 Å². The largest absolute Gasteiger partial charge is 0.472 e. The Kier molecular flexibility index (Phi) is 2.88. The van der Waals surface area contributed by atoms with Crippen molar-refractivity contribution in [2.24, 2.45) is 0 Å². The lowest BCUT2D eigenvalue weighted by atomic mass is 10.0. The van der Waals surface area contributed by atoms with E-state index in [0.717, 1.165) is 0 Å². The first kappa shape index (κ1) is 10.4. The van der Waals surface area contributed by atoms with Gasteiger partial charge in [-0.1, -0.05) is 15.9 Å². The smallest absolute Gasteiger partial charge is 0.124 e. The Morgan fingerprint density at radius 1 is 1.27 bits per heavy atom. The second-order valence-corrected chi connectivity index (χ2v) is 4.08. The van der Waals surface area contributed by atoms with Crippen molar-refractivity contribution in [2.75, 3.05) is 0 Å². The zero-order valence-electron chi connectivity index (χ0n) is 7.65. The first-order valence-corrected chi connectivity index (χ1v) is 5.12. The highest BCUT2D eigenvalue weighted by atomic mass is 79.9. The second-order valence-electron chi connectivity index (χ2n) is 3.16. The number of rotatable bonds is 2. The molecule has 0 fully saturated rings. The van der Waals surface area contributed by atoms with Gasteiger partial charge in [0, 0.05) is 10.0 Å². The zero-order valence-corrected chi connectivity index (χ0v) is 9.24. The first-order chi connectivity index (χ1) is 7.16.